The number of carbonyl (C=O) groups excluding carboxylic acids is 1. The first-order valence-corrected chi connectivity index (χ1v) is 7.82. The third kappa shape index (κ3) is 3.51. The van der Waals surface area contributed by atoms with Gasteiger partial charge >= 0.3 is 0 Å². The quantitative estimate of drug-likeness (QED) is 0.827. The third-order valence-corrected chi connectivity index (χ3v) is 4.20. The molecule has 0 aliphatic heterocycles. The standard InChI is InChI=1S/C14H14Cl2N2OS/c1-9(2)18(14(19)13-7-20-8-17-13)6-10-3-4-11(15)12(16)5-10/h3-5,7-9H,6H2,1-2H3. The number of nitrogens with zero attached hydrogens (tertiary/aromatic N) is 2. The summed E-state index contributed by atoms with van der Waals surface area (Å²) in [4.78, 5) is 18.2. The number of rotatable bonds is 4. The lowest BCUT2D eigenvalue weighted by molar-refractivity contribution is 0.0685. The van der Waals surface area contributed by atoms with Crippen LogP contribution in [0.1, 0.15) is 29.9 Å². The average molecular weight is 329 g/mol. The van der Waals surface area contributed by atoms with Crippen LogP contribution in [0, 0.1) is 0 Å². The monoisotopic (exact) mass is 328 g/mol. The zero-order valence-electron chi connectivity index (χ0n) is 11.1. The van der Waals surface area contributed by atoms with E-state index >= 15 is 0 Å². The molecule has 20 heavy (non-hydrogen) atoms. The van der Waals surface area contributed by atoms with Gasteiger partial charge in [0.2, 0.25) is 0 Å². The molecule has 0 N–H and O–H groups in total. The van der Waals surface area contributed by atoms with Crippen molar-refractivity contribution in [1.82, 2.24) is 9.88 Å². The van der Waals surface area contributed by atoms with Gasteiger partial charge in [-0.3, -0.25) is 4.79 Å². The van der Waals surface area contributed by atoms with Crippen LogP contribution in [-0.2, 0) is 6.54 Å². The number of hydrogen-bond acceptors (Lipinski definition) is 3. The Morgan fingerprint density at radius 1 is 1.35 bits per heavy atom. The largest absolute Gasteiger partial charge is 0.331 e. The van der Waals surface area contributed by atoms with Crippen molar-refractivity contribution in [2.24, 2.45) is 0 Å². The summed E-state index contributed by atoms with van der Waals surface area (Å²) < 4.78 is 0. The molecule has 106 valence electrons. The Morgan fingerprint density at radius 2 is 2.10 bits per heavy atom. The molecule has 2 rings (SSSR count). The molecule has 0 saturated heterocycles. The predicted molar refractivity (Wildman–Crippen MR) is 83.6 cm³/mol. The number of thiazole rings is 1. The summed E-state index contributed by atoms with van der Waals surface area (Å²) in [7, 11) is 0. The van der Waals surface area contributed by atoms with Gasteiger partial charge in [-0.15, -0.1) is 11.3 Å². The Hall–Kier alpha value is -1.10. The molecule has 3 nitrogen and oxygen atoms in total. The predicted octanol–water partition coefficient (Wildman–Crippen LogP) is 4.50. The van der Waals surface area contributed by atoms with E-state index in [-0.39, 0.29) is 11.9 Å². The highest BCUT2D eigenvalue weighted by Gasteiger charge is 2.20. The zero-order valence-corrected chi connectivity index (χ0v) is 13.5. The minimum atomic E-state index is -0.0766. The fourth-order valence-electron chi connectivity index (χ4n) is 1.79. The van der Waals surface area contributed by atoms with Crippen LogP contribution in [0.3, 0.4) is 0 Å². The van der Waals surface area contributed by atoms with Crippen molar-refractivity contribution in [2.45, 2.75) is 26.4 Å². The summed E-state index contributed by atoms with van der Waals surface area (Å²) in [5.41, 5.74) is 3.07. The molecule has 2 aromatic rings. The SMILES string of the molecule is CC(C)N(Cc1ccc(Cl)c(Cl)c1)C(=O)c1cscn1. The Balaban J connectivity index is 2.21. The molecule has 0 radical (unpaired) electrons. The van der Waals surface area contributed by atoms with Crippen molar-refractivity contribution in [2.75, 3.05) is 0 Å². The number of hydrogen-bond donors (Lipinski definition) is 0. The molecule has 0 unspecified atom stereocenters. The van der Waals surface area contributed by atoms with Crippen molar-refractivity contribution in [3.05, 3.63) is 50.4 Å². The van der Waals surface area contributed by atoms with Gasteiger partial charge in [-0.2, -0.15) is 0 Å². The normalized spacial score (nSPS) is 10.8. The maximum atomic E-state index is 12.4. The Labute approximate surface area is 132 Å². The lowest BCUT2D eigenvalue weighted by atomic mass is 10.1. The second-order valence-corrected chi connectivity index (χ2v) is 6.18. The molecule has 1 amide bonds. The van der Waals surface area contributed by atoms with E-state index in [0.717, 1.165) is 5.56 Å². The van der Waals surface area contributed by atoms with Crippen LogP contribution in [0.25, 0.3) is 0 Å². The van der Waals surface area contributed by atoms with E-state index in [2.05, 4.69) is 4.98 Å². The van der Waals surface area contributed by atoms with Gasteiger partial charge in [-0.1, -0.05) is 29.3 Å². The minimum absolute atomic E-state index is 0.0682. The molecule has 1 aromatic heterocycles. The van der Waals surface area contributed by atoms with Gasteiger partial charge in [0.1, 0.15) is 5.69 Å². The summed E-state index contributed by atoms with van der Waals surface area (Å²) in [6, 6.07) is 5.47. The lowest BCUT2D eigenvalue weighted by Crippen LogP contribution is -2.36. The first kappa shape index (κ1) is 15.3. The smallest absolute Gasteiger partial charge is 0.273 e. The fourth-order valence-corrected chi connectivity index (χ4v) is 2.64. The average Bonchev–Trinajstić information content (AvgIpc) is 2.93. The minimum Gasteiger partial charge on any atom is -0.331 e. The highest BCUT2D eigenvalue weighted by atomic mass is 35.5. The molecule has 1 aromatic carbocycles. The molecule has 0 fully saturated rings. The summed E-state index contributed by atoms with van der Waals surface area (Å²) in [6.07, 6.45) is 0. The van der Waals surface area contributed by atoms with Crippen LogP contribution in [0.5, 0.6) is 0 Å². The highest BCUT2D eigenvalue weighted by Crippen LogP contribution is 2.24. The Morgan fingerprint density at radius 3 is 2.65 bits per heavy atom. The van der Waals surface area contributed by atoms with Crippen molar-refractivity contribution in [1.29, 1.82) is 0 Å². The van der Waals surface area contributed by atoms with E-state index in [1.54, 1.807) is 27.9 Å². The van der Waals surface area contributed by atoms with E-state index in [9.17, 15) is 4.79 Å². The maximum absolute atomic E-state index is 12.4. The maximum Gasteiger partial charge on any atom is 0.273 e. The van der Waals surface area contributed by atoms with E-state index < -0.39 is 0 Å². The number of aromatic nitrogens is 1. The van der Waals surface area contributed by atoms with Gasteiger partial charge < -0.3 is 4.90 Å². The fraction of sp³-hybridized carbons (Fsp3) is 0.286. The van der Waals surface area contributed by atoms with Crippen LogP contribution in [0.15, 0.2) is 29.1 Å². The molecular formula is C14H14Cl2N2OS. The molecule has 0 bridgehead atoms. The van der Waals surface area contributed by atoms with E-state index in [4.69, 9.17) is 23.2 Å². The molecule has 0 aliphatic carbocycles. The van der Waals surface area contributed by atoms with Crippen molar-refractivity contribution in [3.63, 3.8) is 0 Å². The number of amides is 1. The summed E-state index contributed by atoms with van der Waals surface area (Å²) >= 11 is 13.3. The van der Waals surface area contributed by atoms with E-state index in [1.807, 2.05) is 19.9 Å². The number of benzene rings is 1. The zero-order chi connectivity index (χ0) is 14.7. The molecule has 0 spiro atoms. The van der Waals surface area contributed by atoms with Gasteiger partial charge in [0, 0.05) is 18.0 Å². The summed E-state index contributed by atoms with van der Waals surface area (Å²) in [6.45, 7) is 4.43. The Bertz CT molecular complexity index is 599. The molecule has 0 aliphatic rings. The lowest BCUT2D eigenvalue weighted by Gasteiger charge is -2.26. The van der Waals surface area contributed by atoms with Crippen LogP contribution in [0.2, 0.25) is 10.0 Å². The number of carbonyl (C=O) groups is 1. The second-order valence-electron chi connectivity index (χ2n) is 4.65. The molecule has 0 saturated carbocycles. The Kier molecular flexibility index (Phi) is 5.02. The van der Waals surface area contributed by atoms with Crippen LogP contribution in [0.4, 0.5) is 0 Å². The van der Waals surface area contributed by atoms with Crippen LogP contribution in [-0.4, -0.2) is 21.8 Å². The molecule has 6 heteroatoms. The highest BCUT2D eigenvalue weighted by molar-refractivity contribution is 7.07. The molecular weight excluding hydrogens is 315 g/mol. The van der Waals surface area contributed by atoms with Gasteiger partial charge in [-0.25, -0.2) is 4.98 Å². The first-order valence-electron chi connectivity index (χ1n) is 6.12. The van der Waals surface area contributed by atoms with Gasteiger partial charge in [0.25, 0.3) is 5.91 Å². The van der Waals surface area contributed by atoms with Crippen molar-refractivity contribution >= 4 is 40.4 Å². The second kappa shape index (κ2) is 6.57. The van der Waals surface area contributed by atoms with E-state index in [0.29, 0.717) is 22.3 Å². The van der Waals surface area contributed by atoms with Gasteiger partial charge in [0.05, 0.1) is 15.6 Å². The van der Waals surface area contributed by atoms with E-state index in [1.165, 1.54) is 11.3 Å². The van der Waals surface area contributed by atoms with Crippen LogP contribution < -0.4 is 0 Å². The first-order chi connectivity index (χ1) is 9.49. The summed E-state index contributed by atoms with van der Waals surface area (Å²) in [5, 5.41) is 2.76. The van der Waals surface area contributed by atoms with Crippen LogP contribution >= 0.6 is 34.5 Å². The van der Waals surface area contributed by atoms with Gasteiger partial charge in [0.15, 0.2) is 0 Å². The van der Waals surface area contributed by atoms with Gasteiger partial charge in [-0.05, 0) is 31.5 Å². The van der Waals surface area contributed by atoms with Crippen molar-refractivity contribution < 1.29 is 4.79 Å². The molecule has 1 heterocycles. The number of halogens is 2. The van der Waals surface area contributed by atoms with Crippen molar-refractivity contribution in [3.8, 4) is 0 Å². The topological polar surface area (TPSA) is 33.2 Å². The summed E-state index contributed by atoms with van der Waals surface area (Å²) in [5.74, 6) is -0.0766. The third-order valence-electron chi connectivity index (χ3n) is 2.87. The molecule has 0 atom stereocenters.